The van der Waals surface area contributed by atoms with Gasteiger partial charge in [0.05, 0.1) is 0 Å². The van der Waals surface area contributed by atoms with E-state index < -0.39 is 0 Å². The Morgan fingerprint density at radius 3 is 3.00 bits per heavy atom. The molecule has 3 nitrogen and oxygen atoms in total. The van der Waals surface area contributed by atoms with Crippen molar-refractivity contribution in [1.82, 2.24) is 9.88 Å². The second-order valence-corrected chi connectivity index (χ2v) is 4.96. The molecule has 1 unspecified atom stereocenters. The molecule has 17 heavy (non-hydrogen) atoms. The van der Waals surface area contributed by atoms with Gasteiger partial charge in [-0.05, 0) is 50.9 Å². The van der Waals surface area contributed by atoms with E-state index in [1.165, 1.54) is 44.3 Å². The number of nitrogen functional groups attached to an aromatic ring is 1. The van der Waals surface area contributed by atoms with E-state index in [4.69, 9.17) is 5.73 Å². The maximum atomic E-state index is 5.72. The quantitative estimate of drug-likeness (QED) is 0.869. The molecule has 2 rings (SSSR count). The lowest BCUT2D eigenvalue weighted by Crippen LogP contribution is -2.25. The predicted molar refractivity (Wildman–Crippen MR) is 71.8 cm³/mol. The first-order valence-corrected chi connectivity index (χ1v) is 6.69. The summed E-state index contributed by atoms with van der Waals surface area (Å²) in [6, 6.07) is 4.65. The average molecular weight is 233 g/mol. The zero-order valence-electron chi connectivity index (χ0n) is 10.9. The van der Waals surface area contributed by atoms with Crippen LogP contribution in [0.3, 0.4) is 0 Å². The molecule has 1 aromatic rings. The number of rotatable bonds is 4. The van der Waals surface area contributed by atoms with Gasteiger partial charge in [-0.15, -0.1) is 0 Å². The number of aromatic nitrogens is 1. The fourth-order valence-corrected chi connectivity index (χ4v) is 2.75. The van der Waals surface area contributed by atoms with Crippen LogP contribution in [0.4, 0.5) is 5.82 Å². The van der Waals surface area contributed by atoms with Gasteiger partial charge in [-0.3, -0.25) is 4.90 Å². The Hall–Kier alpha value is -1.09. The van der Waals surface area contributed by atoms with Crippen molar-refractivity contribution in [3.63, 3.8) is 0 Å². The molecule has 0 radical (unpaired) electrons. The summed E-state index contributed by atoms with van der Waals surface area (Å²) in [4.78, 5) is 6.98. The topological polar surface area (TPSA) is 42.1 Å². The van der Waals surface area contributed by atoms with Crippen molar-refractivity contribution in [2.45, 2.75) is 45.6 Å². The highest BCUT2D eigenvalue weighted by atomic mass is 15.2. The van der Waals surface area contributed by atoms with Gasteiger partial charge in [0, 0.05) is 11.7 Å². The molecule has 1 aliphatic rings. The van der Waals surface area contributed by atoms with Crippen LogP contribution < -0.4 is 5.73 Å². The first-order valence-electron chi connectivity index (χ1n) is 6.69. The molecule has 94 valence electrons. The van der Waals surface area contributed by atoms with Crippen molar-refractivity contribution in [2.75, 3.05) is 18.8 Å². The monoisotopic (exact) mass is 233 g/mol. The van der Waals surface area contributed by atoms with Crippen LogP contribution in [-0.4, -0.2) is 23.0 Å². The lowest BCUT2D eigenvalue weighted by atomic mass is 10.0. The van der Waals surface area contributed by atoms with Crippen LogP contribution in [-0.2, 0) is 0 Å². The minimum Gasteiger partial charge on any atom is -0.384 e. The second kappa shape index (κ2) is 5.50. The largest absolute Gasteiger partial charge is 0.384 e. The molecular weight excluding hydrogens is 210 g/mol. The number of nitrogens with zero attached hydrogens (tertiary/aromatic N) is 2. The van der Waals surface area contributed by atoms with Crippen LogP contribution >= 0.6 is 0 Å². The van der Waals surface area contributed by atoms with E-state index in [1.54, 1.807) is 0 Å². The van der Waals surface area contributed by atoms with Crippen molar-refractivity contribution in [3.8, 4) is 0 Å². The normalized spacial score (nSPS) is 20.9. The molecule has 0 saturated carbocycles. The van der Waals surface area contributed by atoms with Crippen LogP contribution in [0.5, 0.6) is 0 Å². The molecule has 0 aromatic carbocycles. The van der Waals surface area contributed by atoms with Crippen molar-refractivity contribution < 1.29 is 0 Å². The van der Waals surface area contributed by atoms with Gasteiger partial charge in [-0.1, -0.05) is 19.4 Å². The first-order chi connectivity index (χ1) is 8.22. The third-order valence-electron chi connectivity index (χ3n) is 3.67. The highest BCUT2D eigenvalue weighted by Gasteiger charge is 2.26. The molecule has 0 amide bonds. The fraction of sp³-hybridized carbons (Fsp3) is 0.643. The summed E-state index contributed by atoms with van der Waals surface area (Å²) in [5, 5.41) is 0. The summed E-state index contributed by atoms with van der Waals surface area (Å²) < 4.78 is 0. The van der Waals surface area contributed by atoms with Gasteiger partial charge in [-0.25, -0.2) is 4.98 Å². The molecule has 0 aliphatic carbocycles. The van der Waals surface area contributed by atoms with Crippen molar-refractivity contribution in [1.29, 1.82) is 0 Å². The molecule has 1 aliphatic heterocycles. The molecule has 1 saturated heterocycles. The Morgan fingerprint density at radius 1 is 1.47 bits per heavy atom. The van der Waals surface area contributed by atoms with Crippen molar-refractivity contribution in [3.05, 3.63) is 23.4 Å². The molecule has 2 N–H and O–H groups in total. The zero-order valence-corrected chi connectivity index (χ0v) is 10.9. The molecule has 0 bridgehead atoms. The molecule has 1 aromatic heterocycles. The lowest BCUT2D eigenvalue weighted by Gasteiger charge is -2.25. The molecule has 1 fully saturated rings. The standard InChI is InChI=1S/C14H23N3/c1-3-4-9-17-10-5-6-13(17)12-7-8-14(15)16-11(12)2/h7-8,13H,3-6,9-10H2,1-2H3,(H2,15,16). The summed E-state index contributed by atoms with van der Waals surface area (Å²) >= 11 is 0. The van der Waals surface area contributed by atoms with E-state index in [0.29, 0.717) is 11.9 Å². The van der Waals surface area contributed by atoms with E-state index >= 15 is 0 Å². The maximum absolute atomic E-state index is 5.72. The Morgan fingerprint density at radius 2 is 2.29 bits per heavy atom. The van der Waals surface area contributed by atoms with E-state index in [9.17, 15) is 0 Å². The highest BCUT2D eigenvalue weighted by Crippen LogP contribution is 2.33. The number of aryl methyl sites for hydroxylation is 1. The van der Waals surface area contributed by atoms with E-state index in [-0.39, 0.29) is 0 Å². The van der Waals surface area contributed by atoms with Crippen LogP contribution in [0.1, 0.15) is 49.9 Å². The van der Waals surface area contributed by atoms with Crippen molar-refractivity contribution in [2.24, 2.45) is 0 Å². The molecular formula is C14H23N3. The fourth-order valence-electron chi connectivity index (χ4n) is 2.75. The molecule has 2 heterocycles. The van der Waals surface area contributed by atoms with Gasteiger partial charge in [0.2, 0.25) is 0 Å². The van der Waals surface area contributed by atoms with Gasteiger partial charge in [0.1, 0.15) is 5.82 Å². The SMILES string of the molecule is CCCCN1CCCC1c1ccc(N)nc1C. The Labute approximate surface area is 104 Å². The maximum Gasteiger partial charge on any atom is 0.123 e. The summed E-state index contributed by atoms with van der Waals surface area (Å²) in [6.45, 7) is 6.77. The first kappa shape index (κ1) is 12.4. The number of nitrogens with two attached hydrogens (primary N) is 1. The Balaban J connectivity index is 2.14. The van der Waals surface area contributed by atoms with E-state index in [0.717, 1.165) is 5.69 Å². The summed E-state index contributed by atoms with van der Waals surface area (Å²) in [7, 11) is 0. The molecule has 0 spiro atoms. The number of unbranched alkanes of at least 4 members (excludes halogenated alkanes) is 1. The zero-order chi connectivity index (χ0) is 12.3. The number of anilines is 1. The van der Waals surface area contributed by atoms with Crippen LogP contribution in [0.2, 0.25) is 0 Å². The number of hydrogen-bond acceptors (Lipinski definition) is 3. The third kappa shape index (κ3) is 2.78. The Kier molecular flexibility index (Phi) is 4.00. The lowest BCUT2D eigenvalue weighted by molar-refractivity contribution is 0.252. The number of likely N-dealkylation sites (tertiary alicyclic amines) is 1. The van der Waals surface area contributed by atoms with Gasteiger partial charge in [0.15, 0.2) is 0 Å². The summed E-state index contributed by atoms with van der Waals surface area (Å²) in [6.07, 6.45) is 5.12. The predicted octanol–water partition coefficient (Wildman–Crippen LogP) is 2.91. The van der Waals surface area contributed by atoms with Crippen molar-refractivity contribution >= 4 is 5.82 Å². The van der Waals surface area contributed by atoms with E-state index in [2.05, 4.69) is 29.8 Å². The second-order valence-electron chi connectivity index (χ2n) is 4.96. The third-order valence-corrected chi connectivity index (χ3v) is 3.67. The highest BCUT2D eigenvalue weighted by molar-refractivity contribution is 5.35. The van der Waals surface area contributed by atoms with Crippen LogP contribution in [0.15, 0.2) is 12.1 Å². The number of hydrogen-bond donors (Lipinski definition) is 1. The average Bonchev–Trinajstić information content (AvgIpc) is 2.74. The van der Waals surface area contributed by atoms with Crippen LogP contribution in [0.25, 0.3) is 0 Å². The van der Waals surface area contributed by atoms with Gasteiger partial charge in [0.25, 0.3) is 0 Å². The van der Waals surface area contributed by atoms with Crippen LogP contribution in [0, 0.1) is 6.92 Å². The van der Waals surface area contributed by atoms with Gasteiger partial charge < -0.3 is 5.73 Å². The Bertz CT molecular complexity index is 376. The van der Waals surface area contributed by atoms with E-state index in [1.807, 2.05) is 6.07 Å². The smallest absolute Gasteiger partial charge is 0.123 e. The minimum atomic E-state index is 0.564. The number of pyridine rings is 1. The molecule has 3 heteroatoms. The summed E-state index contributed by atoms with van der Waals surface area (Å²) in [5.74, 6) is 0.629. The molecule has 1 atom stereocenters. The van der Waals surface area contributed by atoms with Gasteiger partial charge in [-0.2, -0.15) is 0 Å². The van der Waals surface area contributed by atoms with Gasteiger partial charge >= 0.3 is 0 Å². The summed E-state index contributed by atoms with van der Waals surface area (Å²) in [5.41, 5.74) is 8.18. The minimum absolute atomic E-state index is 0.564.